The molecule has 0 fully saturated rings. The molecule has 0 saturated heterocycles. The summed E-state index contributed by atoms with van der Waals surface area (Å²) in [4.78, 5) is 12.6. The molecule has 0 atom stereocenters. The first-order valence-corrected chi connectivity index (χ1v) is 8.45. The van der Waals surface area contributed by atoms with Crippen LogP contribution in [0.15, 0.2) is 53.2 Å². The Kier molecular flexibility index (Phi) is 4.54. The molecule has 118 valence electrons. The lowest BCUT2D eigenvalue weighted by Gasteiger charge is -2.08. The van der Waals surface area contributed by atoms with Gasteiger partial charge in [0.15, 0.2) is 5.16 Å². The van der Waals surface area contributed by atoms with E-state index in [-0.39, 0.29) is 5.56 Å². The van der Waals surface area contributed by atoms with Gasteiger partial charge in [0, 0.05) is 23.2 Å². The summed E-state index contributed by atoms with van der Waals surface area (Å²) in [6.45, 7) is 5.61. The molecule has 0 radical (unpaired) electrons. The Morgan fingerprint density at radius 1 is 1.35 bits per heavy atom. The first kappa shape index (κ1) is 15.8. The zero-order valence-electron chi connectivity index (χ0n) is 12.6. The first-order chi connectivity index (χ1) is 11.1. The lowest BCUT2D eigenvalue weighted by atomic mass is 10.2. The van der Waals surface area contributed by atoms with Crippen LogP contribution < -0.4 is 5.56 Å². The van der Waals surface area contributed by atoms with E-state index in [1.165, 1.54) is 4.57 Å². The Bertz CT molecular complexity index is 931. The van der Waals surface area contributed by atoms with E-state index in [1.807, 2.05) is 25.1 Å². The normalized spacial score (nSPS) is 11.0. The fourth-order valence-corrected chi connectivity index (χ4v) is 3.16. The molecule has 2 heterocycles. The summed E-state index contributed by atoms with van der Waals surface area (Å²) in [5.41, 5.74) is 1.74. The third-order valence-corrected chi connectivity index (χ3v) is 4.81. The molecule has 0 aliphatic carbocycles. The molecular formula is C16H15ClN4OS. The van der Waals surface area contributed by atoms with Crippen molar-refractivity contribution in [3.8, 4) is 5.69 Å². The Balaban J connectivity index is 2.04. The van der Waals surface area contributed by atoms with Gasteiger partial charge in [0.2, 0.25) is 5.65 Å². The molecule has 5 nitrogen and oxygen atoms in total. The highest BCUT2D eigenvalue weighted by molar-refractivity contribution is 7.99. The second kappa shape index (κ2) is 6.60. The lowest BCUT2D eigenvalue weighted by molar-refractivity contribution is 0.892. The fourth-order valence-electron chi connectivity index (χ4n) is 2.13. The highest BCUT2D eigenvalue weighted by Gasteiger charge is 2.12. The van der Waals surface area contributed by atoms with Gasteiger partial charge in [-0.1, -0.05) is 35.5 Å². The molecule has 0 saturated carbocycles. The van der Waals surface area contributed by atoms with Gasteiger partial charge < -0.3 is 0 Å². The van der Waals surface area contributed by atoms with Crippen LogP contribution in [0.3, 0.4) is 0 Å². The van der Waals surface area contributed by atoms with E-state index in [0.29, 0.717) is 21.5 Å². The summed E-state index contributed by atoms with van der Waals surface area (Å²) in [7, 11) is 0. The largest absolute Gasteiger partial charge is 0.300 e. The van der Waals surface area contributed by atoms with Crippen molar-refractivity contribution in [3.05, 3.63) is 64.2 Å². The second-order valence-electron chi connectivity index (χ2n) is 5.01. The summed E-state index contributed by atoms with van der Waals surface area (Å²) in [6.07, 6.45) is 6.22. The van der Waals surface area contributed by atoms with Gasteiger partial charge in [0.1, 0.15) is 0 Å². The summed E-state index contributed by atoms with van der Waals surface area (Å²) in [6, 6.07) is 5.51. The number of nitrogens with zero attached hydrogens (tertiary/aromatic N) is 4. The number of thioether (sulfide) groups is 1. The van der Waals surface area contributed by atoms with E-state index in [1.54, 1.807) is 34.6 Å². The van der Waals surface area contributed by atoms with Gasteiger partial charge in [-0.05, 0) is 31.0 Å². The van der Waals surface area contributed by atoms with Gasteiger partial charge >= 0.3 is 5.56 Å². The van der Waals surface area contributed by atoms with Crippen molar-refractivity contribution in [3.63, 3.8) is 0 Å². The number of hydrogen-bond donors (Lipinski definition) is 0. The van der Waals surface area contributed by atoms with Gasteiger partial charge in [-0.15, -0.1) is 16.8 Å². The predicted octanol–water partition coefficient (Wildman–Crippen LogP) is 3.51. The lowest BCUT2D eigenvalue weighted by Crippen LogP contribution is -2.20. The average Bonchev–Trinajstić information content (AvgIpc) is 2.95. The van der Waals surface area contributed by atoms with Crippen LogP contribution in [0.1, 0.15) is 12.0 Å². The molecule has 7 heteroatoms. The highest BCUT2D eigenvalue weighted by Crippen LogP contribution is 2.20. The third kappa shape index (κ3) is 3.04. The zero-order chi connectivity index (χ0) is 16.4. The smallest absolute Gasteiger partial charge is 0.280 e. The number of allylic oxidation sites excluding steroid dienone is 1. The van der Waals surface area contributed by atoms with Crippen LogP contribution in [0.2, 0.25) is 5.02 Å². The minimum absolute atomic E-state index is 0.226. The molecule has 0 spiro atoms. The predicted molar refractivity (Wildman–Crippen MR) is 93.9 cm³/mol. The maximum atomic E-state index is 12.6. The van der Waals surface area contributed by atoms with Crippen LogP contribution in [0, 0.1) is 6.92 Å². The maximum Gasteiger partial charge on any atom is 0.300 e. The topological polar surface area (TPSA) is 52.2 Å². The molecule has 2 aromatic heterocycles. The van der Waals surface area contributed by atoms with Crippen molar-refractivity contribution in [2.45, 2.75) is 18.5 Å². The van der Waals surface area contributed by atoms with Gasteiger partial charge in [-0.3, -0.25) is 13.8 Å². The molecule has 3 rings (SSSR count). The van der Waals surface area contributed by atoms with E-state index >= 15 is 0 Å². The van der Waals surface area contributed by atoms with Crippen molar-refractivity contribution in [2.24, 2.45) is 0 Å². The van der Waals surface area contributed by atoms with Crippen LogP contribution in [-0.4, -0.2) is 24.9 Å². The van der Waals surface area contributed by atoms with Gasteiger partial charge in [0.05, 0.1) is 5.69 Å². The standard InChI is InChI=1S/C16H15ClN4OS/c1-3-4-9-23-16-19-18-14-15(22)20(7-8-21(14)16)12-6-5-11(2)13(17)10-12/h3,5-8,10H,1,4,9H2,2H3. The number of benzene rings is 1. The molecule has 1 aromatic carbocycles. The first-order valence-electron chi connectivity index (χ1n) is 7.08. The number of fused-ring (bicyclic) bond motifs is 1. The van der Waals surface area contributed by atoms with Crippen LogP contribution in [0.4, 0.5) is 0 Å². The Morgan fingerprint density at radius 3 is 2.91 bits per heavy atom. The van der Waals surface area contributed by atoms with E-state index in [2.05, 4.69) is 16.8 Å². The number of hydrogen-bond acceptors (Lipinski definition) is 4. The zero-order valence-corrected chi connectivity index (χ0v) is 14.1. The molecule has 0 unspecified atom stereocenters. The quantitative estimate of drug-likeness (QED) is 0.403. The Morgan fingerprint density at radius 2 is 2.17 bits per heavy atom. The minimum Gasteiger partial charge on any atom is -0.280 e. The molecule has 3 aromatic rings. The monoisotopic (exact) mass is 346 g/mol. The van der Waals surface area contributed by atoms with Crippen molar-refractivity contribution in [1.29, 1.82) is 0 Å². The SMILES string of the molecule is C=CCCSc1nnc2c(=O)n(-c3ccc(C)c(Cl)c3)ccn12. The Hall–Kier alpha value is -2.05. The Labute approximate surface area is 142 Å². The summed E-state index contributed by atoms with van der Waals surface area (Å²) in [5, 5.41) is 9.44. The molecule has 0 aliphatic heterocycles. The van der Waals surface area contributed by atoms with E-state index in [0.717, 1.165) is 17.7 Å². The van der Waals surface area contributed by atoms with Crippen molar-refractivity contribution >= 4 is 29.0 Å². The van der Waals surface area contributed by atoms with Crippen molar-refractivity contribution in [2.75, 3.05) is 5.75 Å². The highest BCUT2D eigenvalue weighted by atomic mass is 35.5. The molecule has 0 aliphatic rings. The van der Waals surface area contributed by atoms with Crippen LogP contribution in [0.25, 0.3) is 11.3 Å². The molecule has 0 amide bonds. The van der Waals surface area contributed by atoms with E-state index in [9.17, 15) is 4.79 Å². The average molecular weight is 347 g/mol. The molecular weight excluding hydrogens is 332 g/mol. The van der Waals surface area contributed by atoms with Crippen LogP contribution >= 0.6 is 23.4 Å². The number of halogens is 1. The number of rotatable bonds is 5. The van der Waals surface area contributed by atoms with Gasteiger partial charge in [0.25, 0.3) is 0 Å². The molecule has 0 N–H and O–H groups in total. The van der Waals surface area contributed by atoms with E-state index in [4.69, 9.17) is 11.6 Å². The van der Waals surface area contributed by atoms with Gasteiger partial charge in [-0.25, -0.2) is 0 Å². The molecule has 23 heavy (non-hydrogen) atoms. The summed E-state index contributed by atoms with van der Waals surface area (Å²) < 4.78 is 3.23. The number of aromatic nitrogens is 4. The third-order valence-electron chi connectivity index (χ3n) is 3.43. The minimum atomic E-state index is -0.226. The van der Waals surface area contributed by atoms with E-state index < -0.39 is 0 Å². The van der Waals surface area contributed by atoms with Gasteiger partial charge in [-0.2, -0.15) is 0 Å². The maximum absolute atomic E-state index is 12.6. The van der Waals surface area contributed by atoms with Crippen molar-refractivity contribution in [1.82, 2.24) is 19.2 Å². The second-order valence-corrected chi connectivity index (χ2v) is 6.48. The summed E-state index contributed by atoms with van der Waals surface area (Å²) >= 11 is 7.69. The van der Waals surface area contributed by atoms with Crippen molar-refractivity contribution < 1.29 is 0 Å². The molecule has 0 bridgehead atoms. The summed E-state index contributed by atoms with van der Waals surface area (Å²) in [5.74, 6) is 0.848. The fraction of sp³-hybridized carbons (Fsp3) is 0.188. The number of aryl methyl sites for hydroxylation is 1. The van der Waals surface area contributed by atoms with Crippen LogP contribution in [-0.2, 0) is 0 Å². The van der Waals surface area contributed by atoms with Crippen LogP contribution in [0.5, 0.6) is 0 Å².